The van der Waals surface area contributed by atoms with Gasteiger partial charge in [-0.3, -0.25) is 4.21 Å². The van der Waals surface area contributed by atoms with E-state index in [4.69, 9.17) is 5.10 Å². The summed E-state index contributed by atoms with van der Waals surface area (Å²) < 4.78 is 12.5. The van der Waals surface area contributed by atoms with Crippen molar-refractivity contribution in [1.82, 2.24) is 5.32 Å². The summed E-state index contributed by atoms with van der Waals surface area (Å²) in [4.78, 5) is 0.917. The monoisotopic (exact) mass is 346 g/mol. The standard InChI is InChI=1S/C19H28N3OS/c1-3-22(14-16-9-7-8-12-19(16)24(2)23)15-18(13-20-22)21-17-10-5-4-6-11-17/h7-9,12-13,15,17,21H,3-6,10-11,14H2,1-2H3/q+1. The molecule has 2 unspecified atom stereocenters. The highest BCUT2D eigenvalue weighted by molar-refractivity contribution is 7.84. The number of hydrogen-bond donors (Lipinski definition) is 1. The molecule has 1 aromatic carbocycles. The summed E-state index contributed by atoms with van der Waals surface area (Å²) in [7, 11) is -0.973. The van der Waals surface area contributed by atoms with Crippen molar-refractivity contribution >= 4 is 17.0 Å². The molecule has 3 rings (SSSR count). The lowest BCUT2D eigenvalue weighted by atomic mass is 9.95. The fourth-order valence-corrected chi connectivity index (χ4v) is 4.41. The third-order valence-electron chi connectivity index (χ3n) is 5.06. The summed E-state index contributed by atoms with van der Waals surface area (Å²) in [6.07, 6.45) is 12.5. The van der Waals surface area contributed by atoms with Gasteiger partial charge in [-0.2, -0.15) is 4.59 Å². The van der Waals surface area contributed by atoms with Gasteiger partial charge in [0, 0.05) is 22.8 Å². The van der Waals surface area contributed by atoms with Crippen molar-refractivity contribution in [2.75, 3.05) is 12.8 Å². The van der Waals surface area contributed by atoms with Crippen LogP contribution in [0.3, 0.4) is 0 Å². The second-order valence-corrected chi connectivity index (χ2v) is 8.18. The van der Waals surface area contributed by atoms with Crippen LogP contribution in [0, 0.1) is 0 Å². The van der Waals surface area contributed by atoms with Gasteiger partial charge in [0.25, 0.3) is 0 Å². The summed E-state index contributed by atoms with van der Waals surface area (Å²) in [5.41, 5.74) is 2.26. The van der Waals surface area contributed by atoms with Gasteiger partial charge in [0.1, 0.15) is 31.2 Å². The zero-order valence-electron chi connectivity index (χ0n) is 14.7. The predicted octanol–water partition coefficient (Wildman–Crippen LogP) is 3.52. The van der Waals surface area contributed by atoms with E-state index in [0.29, 0.717) is 10.6 Å². The molecule has 1 aliphatic heterocycles. The maximum Gasteiger partial charge on any atom is 0.148 e. The van der Waals surface area contributed by atoms with Crippen LogP contribution < -0.4 is 5.32 Å². The molecule has 1 N–H and O–H groups in total. The van der Waals surface area contributed by atoms with Gasteiger partial charge >= 0.3 is 0 Å². The summed E-state index contributed by atoms with van der Waals surface area (Å²) in [5, 5.41) is 8.45. The Kier molecular flexibility index (Phi) is 5.51. The molecule has 5 heteroatoms. The van der Waals surface area contributed by atoms with Crippen LogP contribution >= 0.6 is 0 Å². The molecule has 2 atom stereocenters. The lowest BCUT2D eigenvalue weighted by Crippen LogP contribution is -2.36. The molecular formula is C19H28N3OS+. The van der Waals surface area contributed by atoms with E-state index in [1.807, 2.05) is 24.4 Å². The van der Waals surface area contributed by atoms with Gasteiger partial charge in [0.05, 0.1) is 10.8 Å². The number of benzene rings is 1. The van der Waals surface area contributed by atoms with Gasteiger partial charge in [0.2, 0.25) is 0 Å². The minimum atomic E-state index is -0.973. The van der Waals surface area contributed by atoms with Crippen LogP contribution in [0.5, 0.6) is 0 Å². The maximum absolute atomic E-state index is 12.0. The first-order valence-corrected chi connectivity index (χ1v) is 10.5. The largest absolute Gasteiger partial charge is 0.377 e. The van der Waals surface area contributed by atoms with Crippen LogP contribution in [-0.4, -0.2) is 33.9 Å². The quantitative estimate of drug-likeness (QED) is 0.801. The van der Waals surface area contributed by atoms with E-state index in [0.717, 1.165) is 29.2 Å². The van der Waals surface area contributed by atoms with Crippen molar-refractivity contribution in [3.8, 4) is 0 Å². The number of hydrogen-bond acceptors (Lipinski definition) is 3. The van der Waals surface area contributed by atoms with Crippen LogP contribution in [0.15, 0.2) is 46.2 Å². The molecule has 0 radical (unpaired) electrons. The van der Waals surface area contributed by atoms with Crippen LogP contribution in [0.25, 0.3) is 0 Å². The third kappa shape index (κ3) is 3.95. The van der Waals surface area contributed by atoms with Gasteiger partial charge in [-0.1, -0.05) is 42.6 Å². The Morgan fingerprint density at radius 2 is 2.00 bits per heavy atom. The van der Waals surface area contributed by atoms with Crippen molar-refractivity contribution < 1.29 is 8.80 Å². The fraction of sp³-hybridized carbons (Fsp3) is 0.526. The molecule has 0 spiro atoms. The van der Waals surface area contributed by atoms with Gasteiger partial charge in [0.15, 0.2) is 0 Å². The van der Waals surface area contributed by atoms with Gasteiger partial charge < -0.3 is 5.32 Å². The molecule has 1 heterocycles. The molecule has 24 heavy (non-hydrogen) atoms. The second-order valence-electron chi connectivity index (χ2n) is 6.83. The summed E-state index contributed by atoms with van der Waals surface area (Å²) in [5.74, 6) is 0. The summed E-state index contributed by atoms with van der Waals surface area (Å²) in [6, 6.07) is 8.59. The van der Waals surface area contributed by atoms with E-state index < -0.39 is 10.8 Å². The first-order chi connectivity index (χ1) is 11.6. The minimum absolute atomic E-state index is 0.545. The molecule has 4 nitrogen and oxygen atoms in total. The molecule has 0 bridgehead atoms. The molecule has 0 aromatic heterocycles. The van der Waals surface area contributed by atoms with E-state index in [1.165, 1.54) is 32.1 Å². The molecule has 0 saturated heterocycles. The number of quaternary nitrogens is 1. The van der Waals surface area contributed by atoms with Gasteiger partial charge in [-0.15, -0.1) is 0 Å². The van der Waals surface area contributed by atoms with Crippen molar-refractivity contribution in [3.63, 3.8) is 0 Å². The zero-order valence-corrected chi connectivity index (χ0v) is 15.5. The Morgan fingerprint density at radius 1 is 1.25 bits per heavy atom. The van der Waals surface area contributed by atoms with E-state index in [1.54, 1.807) is 6.26 Å². The molecule has 1 aliphatic carbocycles. The molecule has 2 aliphatic rings. The summed E-state index contributed by atoms with van der Waals surface area (Å²) in [6.45, 7) is 3.79. The number of nitrogens with one attached hydrogen (secondary N) is 1. The topological polar surface area (TPSA) is 41.5 Å². The predicted molar refractivity (Wildman–Crippen MR) is 99.9 cm³/mol. The zero-order chi connectivity index (χ0) is 17.0. The normalized spacial score (nSPS) is 25.5. The highest BCUT2D eigenvalue weighted by atomic mass is 32.2. The van der Waals surface area contributed by atoms with Crippen LogP contribution in [-0.2, 0) is 17.3 Å². The average molecular weight is 347 g/mol. The van der Waals surface area contributed by atoms with E-state index in [2.05, 4.69) is 24.5 Å². The van der Waals surface area contributed by atoms with Crippen molar-refractivity contribution in [2.45, 2.75) is 56.5 Å². The highest BCUT2D eigenvalue weighted by Crippen LogP contribution is 2.26. The first-order valence-electron chi connectivity index (χ1n) is 8.95. The molecule has 1 fully saturated rings. The Morgan fingerprint density at radius 3 is 2.71 bits per heavy atom. The van der Waals surface area contributed by atoms with Gasteiger partial charge in [-0.05, 0) is 25.8 Å². The SMILES string of the molecule is CC[N+]1(Cc2ccccc2S(C)=O)C=C(NC2CCCCC2)C=N1. The number of rotatable bonds is 6. The average Bonchev–Trinajstić information content (AvgIpc) is 2.99. The van der Waals surface area contributed by atoms with Crippen LogP contribution in [0.1, 0.15) is 44.6 Å². The molecular weight excluding hydrogens is 318 g/mol. The number of nitrogens with zero attached hydrogens (tertiary/aromatic N) is 2. The van der Waals surface area contributed by atoms with Crippen molar-refractivity contribution in [3.05, 3.63) is 41.7 Å². The van der Waals surface area contributed by atoms with Crippen LogP contribution in [0.2, 0.25) is 0 Å². The van der Waals surface area contributed by atoms with E-state index in [-0.39, 0.29) is 0 Å². The smallest absolute Gasteiger partial charge is 0.148 e. The number of allylic oxidation sites excluding steroid dienone is 1. The summed E-state index contributed by atoms with van der Waals surface area (Å²) >= 11 is 0. The molecule has 1 saturated carbocycles. The highest BCUT2D eigenvalue weighted by Gasteiger charge is 2.31. The minimum Gasteiger partial charge on any atom is -0.377 e. The van der Waals surface area contributed by atoms with Gasteiger partial charge in [-0.25, -0.2) is 0 Å². The van der Waals surface area contributed by atoms with Crippen molar-refractivity contribution in [2.24, 2.45) is 5.10 Å². The fourth-order valence-electron chi connectivity index (χ4n) is 3.64. The Balaban J connectivity index is 1.76. The lowest BCUT2D eigenvalue weighted by Gasteiger charge is -2.26. The second kappa shape index (κ2) is 7.62. The molecule has 1 aromatic rings. The Bertz CT molecular complexity index is 664. The molecule has 130 valence electrons. The van der Waals surface area contributed by atoms with E-state index in [9.17, 15) is 4.21 Å². The maximum atomic E-state index is 12.0. The van der Waals surface area contributed by atoms with Crippen molar-refractivity contribution in [1.29, 1.82) is 0 Å². The van der Waals surface area contributed by atoms with E-state index >= 15 is 0 Å². The first kappa shape index (κ1) is 17.4. The third-order valence-corrected chi connectivity index (χ3v) is 6.07. The Labute approximate surface area is 147 Å². The van der Waals surface area contributed by atoms with Crippen LogP contribution in [0.4, 0.5) is 0 Å². The lowest BCUT2D eigenvalue weighted by molar-refractivity contribution is -0.895. The Hall–Kier alpha value is -1.46. The molecule has 0 amide bonds.